The maximum Gasteiger partial charge on any atom is 0.350 e. The van der Waals surface area contributed by atoms with Gasteiger partial charge in [0.25, 0.3) is 0 Å². The molecule has 0 bridgehead atoms. The van der Waals surface area contributed by atoms with Crippen LogP contribution in [0.2, 0.25) is 5.02 Å². The first-order valence-corrected chi connectivity index (χ1v) is 11.1. The van der Waals surface area contributed by atoms with Crippen LogP contribution in [0.25, 0.3) is 5.65 Å². The number of thioether (sulfide) groups is 1. The maximum atomic E-state index is 12.7. The number of fused-ring (bicyclic) bond motifs is 1. The molecule has 1 N–H and O–H groups in total. The van der Waals surface area contributed by atoms with E-state index in [1.165, 1.54) is 21.7 Å². The molecule has 7 nitrogen and oxygen atoms in total. The Labute approximate surface area is 188 Å². The second-order valence-electron chi connectivity index (χ2n) is 6.88. The first kappa shape index (κ1) is 21.1. The number of amides is 1. The maximum absolute atomic E-state index is 12.7. The molecule has 0 atom stereocenters. The lowest BCUT2D eigenvalue weighted by atomic mass is 10.1. The summed E-state index contributed by atoms with van der Waals surface area (Å²) in [6.45, 7) is 1.89. The number of nitrogens with one attached hydrogen (secondary N) is 1. The fraction of sp³-hybridized carbons (Fsp3) is 0.182. The van der Waals surface area contributed by atoms with Crippen LogP contribution < -0.4 is 11.0 Å². The number of aryl methyl sites for hydroxylation is 1. The summed E-state index contributed by atoms with van der Waals surface area (Å²) in [5.74, 6) is 0.331. The lowest BCUT2D eigenvalue weighted by Gasteiger charge is -2.05. The summed E-state index contributed by atoms with van der Waals surface area (Å²) in [6.07, 6.45) is 4.03. The zero-order valence-electron chi connectivity index (χ0n) is 16.8. The molecule has 0 aliphatic carbocycles. The van der Waals surface area contributed by atoms with Gasteiger partial charge in [-0.2, -0.15) is 0 Å². The normalized spacial score (nSPS) is 11.0. The van der Waals surface area contributed by atoms with Crippen molar-refractivity contribution >= 4 is 40.6 Å². The molecule has 0 unspecified atom stereocenters. The molecule has 0 spiro atoms. The summed E-state index contributed by atoms with van der Waals surface area (Å²) in [4.78, 5) is 29.5. The van der Waals surface area contributed by atoms with Crippen molar-refractivity contribution in [3.8, 4) is 0 Å². The van der Waals surface area contributed by atoms with Crippen LogP contribution in [-0.4, -0.2) is 25.1 Å². The number of anilines is 1. The van der Waals surface area contributed by atoms with Gasteiger partial charge in [-0.25, -0.2) is 18.9 Å². The quantitative estimate of drug-likeness (QED) is 0.427. The topological polar surface area (TPSA) is 81.3 Å². The number of nitrogens with zero attached hydrogens (tertiary/aromatic N) is 4. The predicted molar refractivity (Wildman–Crippen MR) is 123 cm³/mol. The second-order valence-corrected chi connectivity index (χ2v) is 8.28. The third-order valence-electron chi connectivity index (χ3n) is 4.70. The molecule has 31 heavy (non-hydrogen) atoms. The van der Waals surface area contributed by atoms with Crippen molar-refractivity contribution in [1.82, 2.24) is 19.2 Å². The molecule has 0 aliphatic rings. The molecule has 9 heteroatoms. The Kier molecular flexibility index (Phi) is 6.39. The van der Waals surface area contributed by atoms with Crippen molar-refractivity contribution in [3.05, 3.63) is 87.6 Å². The summed E-state index contributed by atoms with van der Waals surface area (Å²) in [5.41, 5.74) is 2.98. The molecule has 4 rings (SSSR count). The summed E-state index contributed by atoms with van der Waals surface area (Å²) in [5, 5.41) is 8.44. The average molecular weight is 454 g/mol. The average Bonchev–Trinajstić information content (AvgIpc) is 3.09. The van der Waals surface area contributed by atoms with Crippen molar-refractivity contribution in [2.24, 2.45) is 0 Å². The number of halogens is 1. The van der Waals surface area contributed by atoms with Crippen LogP contribution in [0, 0.1) is 0 Å². The van der Waals surface area contributed by atoms with Gasteiger partial charge in [-0.05, 0) is 41.8 Å². The number of carbonyl (C=O) groups is 1. The molecule has 2 aromatic carbocycles. The second kappa shape index (κ2) is 9.36. The Morgan fingerprint density at radius 1 is 1.10 bits per heavy atom. The van der Waals surface area contributed by atoms with Gasteiger partial charge in [0.1, 0.15) is 11.6 Å². The molecule has 2 aromatic heterocycles. The highest BCUT2D eigenvalue weighted by Gasteiger charge is 2.15. The van der Waals surface area contributed by atoms with E-state index in [4.69, 9.17) is 11.6 Å². The van der Waals surface area contributed by atoms with Gasteiger partial charge in [0.05, 0.1) is 0 Å². The molecular formula is C22H20ClN5O2S. The minimum absolute atomic E-state index is 0.183. The van der Waals surface area contributed by atoms with E-state index in [0.29, 0.717) is 27.1 Å². The lowest BCUT2D eigenvalue weighted by Crippen LogP contribution is -2.28. The zero-order chi connectivity index (χ0) is 21.8. The van der Waals surface area contributed by atoms with Crippen LogP contribution in [0.3, 0.4) is 0 Å². The number of benzene rings is 2. The van der Waals surface area contributed by atoms with Crippen LogP contribution >= 0.6 is 23.4 Å². The van der Waals surface area contributed by atoms with E-state index in [0.717, 1.165) is 16.7 Å². The molecule has 4 aromatic rings. The Balaban J connectivity index is 1.50. The predicted octanol–water partition coefficient (Wildman–Crippen LogP) is 4.04. The Morgan fingerprint density at radius 3 is 2.52 bits per heavy atom. The number of carbonyl (C=O) groups excluding carboxylic acids is 1. The fourth-order valence-electron chi connectivity index (χ4n) is 3.02. The SMILES string of the molecule is CCc1ccc(NC(=O)Cn2nc3c(SCc4ccc(Cl)cc4)nccn3c2=O)cc1. The van der Waals surface area contributed by atoms with E-state index in [1.807, 2.05) is 48.5 Å². The van der Waals surface area contributed by atoms with Crippen LogP contribution in [-0.2, 0) is 23.5 Å². The van der Waals surface area contributed by atoms with Gasteiger partial charge in [0.15, 0.2) is 5.65 Å². The van der Waals surface area contributed by atoms with Gasteiger partial charge in [-0.3, -0.25) is 4.79 Å². The minimum atomic E-state index is -0.387. The summed E-state index contributed by atoms with van der Waals surface area (Å²) >= 11 is 7.40. The van der Waals surface area contributed by atoms with Crippen molar-refractivity contribution in [2.75, 3.05) is 5.32 Å². The molecular weight excluding hydrogens is 434 g/mol. The summed E-state index contributed by atoms with van der Waals surface area (Å²) < 4.78 is 2.56. The standard InChI is InChI=1S/C22H20ClN5O2S/c1-2-15-5-9-18(10-6-15)25-19(29)13-28-22(30)27-12-11-24-21(20(27)26-28)31-14-16-3-7-17(23)8-4-16/h3-12H,2,13-14H2,1H3,(H,25,29). The summed E-state index contributed by atoms with van der Waals surface area (Å²) in [6, 6.07) is 15.2. The minimum Gasteiger partial charge on any atom is -0.324 e. The van der Waals surface area contributed by atoms with Gasteiger partial charge in [0.2, 0.25) is 5.91 Å². The Hall–Kier alpha value is -3.10. The monoisotopic (exact) mass is 453 g/mol. The van der Waals surface area contributed by atoms with Gasteiger partial charge in [0, 0.05) is 28.9 Å². The van der Waals surface area contributed by atoms with Gasteiger partial charge in [-0.1, -0.05) is 54.6 Å². The highest BCUT2D eigenvalue weighted by atomic mass is 35.5. The first-order valence-electron chi connectivity index (χ1n) is 9.73. The smallest absolute Gasteiger partial charge is 0.324 e. The van der Waals surface area contributed by atoms with E-state index in [9.17, 15) is 9.59 Å². The van der Waals surface area contributed by atoms with Crippen LogP contribution in [0.5, 0.6) is 0 Å². The van der Waals surface area contributed by atoms with E-state index >= 15 is 0 Å². The molecule has 2 heterocycles. The van der Waals surface area contributed by atoms with E-state index in [1.54, 1.807) is 12.4 Å². The van der Waals surface area contributed by atoms with Crippen LogP contribution in [0.15, 0.2) is 70.7 Å². The highest BCUT2D eigenvalue weighted by molar-refractivity contribution is 7.98. The zero-order valence-corrected chi connectivity index (χ0v) is 18.4. The van der Waals surface area contributed by atoms with Gasteiger partial charge in [-0.15, -0.1) is 5.10 Å². The van der Waals surface area contributed by atoms with Crippen molar-refractivity contribution in [1.29, 1.82) is 0 Å². The Morgan fingerprint density at radius 2 is 1.81 bits per heavy atom. The highest BCUT2D eigenvalue weighted by Crippen LogP contribution is 2.24. The molecule has 158 valence electrons. The van der Waals surface area contributed by atoms with E-state index in [-0.39, 0.29) is 18.1 Å². The van der Waals surface area contributed by atoms with Crippen molar-refractivity contribution < 1.29 is 4.79 Å². The molecule has 0 saturated heterocycles. The first-order chi connectivity index (χ1) is 15.0. The molecule has 0 saturated carbocycles. The molecule has 0 radical (unpaired) electrons. The number of hydrogen-bond donors (Lipinski definition) is 1. The Bertz CT molecular complexity index is 1270. The molecule has 0 aliphatic heterocycles. The third-order valence-corrected chi connectivity index (χ3v) is 5.99. The largest absolute Gasteiger partial charge is 0.350 e. The fourth-order valence-corrected chi connectivity index (χ4v) is 4.05. The molecule has 1 amide bonds. The number of hydrogen-bond acceptors (Lipinski definition) is 5. The third kappa shape index (κ3) is 4.98. The number of rotatable bonds is 7. The van der Waals surface area contributed by atoms with Gasteiger partial charge < -0.3 is 5.32 Å². The van der Waals surface area contributed by atoms with Crippen LogP contribution in [0.1, 0.15) is 18.1 Å². The van der Waals surface area contributed by atoms with E-state index < -0.39 is 0 Å². The summed E-state index contributed by atoms with van der Waals surface area (Å²) in [7, 11) is 0. The van der Waals surface area contributed by atoms with Crippen molar-refractivity contribution in [2.45, 2.75) is 30.7 Å². The molecule has 0 fully saturated rings. The van der Waals surface area contributed by atoms with Crippen LogP contribution in [0.4, 0.5) is 5.69 Å². The lowest BCUT2D eigenvalue weighted by molar-refractivity contribution is -0.117. The van der Waals surface area contributed by atoms with Crippen molar-refractivity contribution in [3.63, 3.8) is 0 Å². The van der Waals surface area contributed by atoms with E-state index in [2.05, 4.69) is 22.3 Å². The van der Waals surface area contributed by atoms with Gasteiger partial charge >= 0.3 is 5.69 Å². The number of aromatic nitrogens is 4.